The number of benzene rings is 2. The highest BCUT2D eigenvalue weighted by atomic mass is 79.9. The summed E-state index contributed by atoms with van der Waals surface area (Å²) in [5.41, 5.74) is 3.86. The highest BCUT2D eigenvalue weighted by molar-refractivity contribution is 9.10. The molecule has 27 heavy (non-hydrogen) atoms. The number of nitrogens with one attached hydrogen (secondary N) is 2. The summed E-state index contributed by atoms with van der Waals surface area (Å²) < 4.78 is 1.04. The summed E-state index contributed by atoms with van der Waals surface area (Å²) in [6, 6.07) is 14.3. The Kier molecular flexibility index (Phi) is 6.22. The van der Waals surface area contributed by atoms with Crippen LogP contribution in [0, 0.1) is 18.3 Å². The molecule has 3 rings (SSSR count). The Bertz CT molecular complexity index is 950. The zero-order valence-corrected chi connectivity index (χ0v) is 17.6. The van der Waals surface area contributed by atoms with Gasteiger partial charge in [-0.2, -0.15) is 0 Å². The van der Waals surface area contributed by atoms with E-state index in [1.807, 2.05) is 31.2 Å². The van der Waals surface area contributed by atoms with Crippen molar-refractivity contribution >= 4 is 38.4 Å². The molecule has 3 aromatic rings. The van der Waals surface area contributed by atoms with E-state index in [1.165, 1.54) is 5.56 Å². The fraction of sp³-hybridized carbons (Fsp3) is 0.318. The van der Waals surface area contributed by atoms with E-state index in [1.54, 1.807) is 0 Å². The molecule has 0 aliphatic heterocycles. The van der Waals surface area contributed by atoms with Gasteiger partial charge in [-0.05, 0) is 56.9 Å². The average Bonchev–Trinajstić information content (AvgIpc) is 2.65. The zero-order valence-electron chi connectivity index (χ0n) is 16.0. The van der Waals surface area contributed by atoms with Crippen molar-refractivity contribution in [1.29, 1.82) is 5.41 Å². The van der Waals surface area contributed by atoms with Crippen LogP contribution >= 0.6 is 15.9 Å². The predicted octanol–water partition coefficient (Wildman–Crippen LogP) is 6.24. The fourth-order valence-corrected chi connectivity index (χ4v) is 3.46. The number of fused-ring (bicyclic) bond motifs is 1. The molecule has 4 nitrogen and oxygen atoms in total. The Morgan fingerprint density at radius 2 is 1.89 bits per heavy atom. The lowest BCUT2D eigenvalue weighted by molar-refractivity contribution is 0.619. The van der Waals surface area contributed by atoms with E-state index in [4.69, 9.17) is 15.4 Å². The summed E-state index contributed by atoms with van der Waals surface area (Å²) in [7, 11) is 0. The van der Waals surface area contributed by atoms with Gasteiger partial charge in [-0.15, -0.1) is 0 Å². The highest BCUT2D eigenvalue weighted by Gasteiger charge is 2.12. The molecule has 0 bridgehead atoms. The Hall–Kier alpha value is -2.27. The summed E-state index contributed by atoms with van der Waals surface area (Å²) in [5, 5.41) is 12.4. The van der Waals surface area contributed by atoms with Gasteiger partial charge in [0.2, 0.25) is 0 Å². The molecule has 140 valence electrons. The highest BCUT2D eigenvalue weighted by Crippen LogP contribution is 2.27. The van der Waals surface area contributed by atoms with E-state index >= 15 is 0 Å². The van der Waals surface area contributed by atoms with Gasteiger partial charge in [-0.3, -0.25) is 0 Å². The van der Waals surface area contributed by atoms with Gasteiger partial charge >= 0.3 is 0 Å². The van der Waals surface area contributed by atoms with E-state index in [-0.39, 0.29) is 0 Å². The van der Waals surface area contributed by atoms with Crippen LogP contribution in [-0.4, -0.2) is 22.2 Å². The van der Waals surface area contributed by atoms with Gasteiger partial charge in [0, 0.05) is 27.7 Å². The number of rotatable bonds is 7. The SMILES string of the molecule is CCC(CCNc1nc(-c2ccc(Br)cc2)nc2ccc(C)cc12)C(C)=N. The van der Waals surface area contributed by atoms with Gasteiger partial charge < -0.3 is 10.7 Å². The lowest BCUT2D eigenvalue weighted by atomic mass is 9.98. The van der Waals surface area contributed by atoms with Crippen LogP contribution in [0.25, 0.3) is 22.3 Å². The first-order valence-electron chi connectivity index (χ1n) is 9.31. The molecule has 0 saturated heterocycles. The maximum atomic E-state index is 7.90. The van der Waals surface area contributed by atoms with Crippen molar-refractivity contribution < 1.29 is 0 Å². The predicted molar refractivity (Wildman–Crippen MR) is 118 cm³/mol. The van der Waals surface area contributed by atoms with E-state index < -0.39 is 0 Å². The summed E-state index contributed by atoms with van der Waals surface area (Å²) in [5.74, 6) is 1.90. The van der Waals surface area contributed by atoms with Gasteiger partial charge in [-0.25, -0.2) is 9.97 Å². The quantitative estimate of drug-likeness (QED) is 0.441. The minimum atomic E-state index is 0.318. The molecule has 5 heteroatoms. The minimum Gasteiger partial charge on any atom is -0.369 e. The molecule has 2 N–H and O–H groups in total. The van der Waals surface area contributed by atoms with Crippen molar-refractivity contribution in [3.63, 3.8) is 0 Å². The lowest BCUT2D eigenvalue weighted by Gasteiger charge is -2.15. The van der Waals surface area contributed by atoms with Gasteiger partial charge in [0.15, 0.2) is 5.82 Å². The number of anilines is 1. The van der Waals surface area contributed by atoms with Gasteiger partial charge in [0.25, 0.3) is 0 Å². The molecule has 2 aromatic carbocycles. The van der Waals surface area contributed by atoms with Crippen LogP contribution in [0.5, 0.6) is 0 Å². The zero-order chi connectivity index (χ0) is 19.4. The van der Waals surface area contributed by atoms with E-state index in [0.717, 1.165) is 57.7 Å². The first-order chi connectivity index (χ1) is 13.0. The molecule has 0 aliphatic rings. The molecule has 0 radical (unpaired) electrons. The Balaban J connectivity index is 1.94. The number of hydrogen-bond donors (Lipinski definition) is 2. The monoisotopic (exact) mass is 424 g/mol. The summed E-state index contributed by atoms with van der Waals surface area (Å²) in [6.07, 6.45) is 1.92. The Morgan fingerprint density at radius 1 is 1.15 bits per heavy atom. The Morgan fingerprint density at radius 3 is 2.56 bits per heavy atom. The van der Waals surface area contributed by atoms with Crippen molar-refractivity contribution in [3.8, 4) is 11.4 Å². The molecule has 1 atom stereocenters. The van der Waals surface area contributed by atoms with Crippen LogP contribution in [-0.2, 0) is 0 Å². The molecule has 1 aromatic heterocycles. The maximum Gasteiger partial charge on any atom is 0.162 e. The number of aryl methyl sites for hydroxylation is 1. The molecule has 0 amide bonds. The van der Waals surface area contributed by atoms with E-state index in [2.05, 4.69) is 53.3 Å². The molecule has 0 aliphatic carbocycles. The Labute approximate surface area is 169 Å². The fourth-order valence-electron chi connectivity index (χ4n) is 3.20. The first-order valence-corrected chi connectivity index (χ1v) is 10.1. The summed E-state index contributed by atoms with van der Waals surface area (Å²) in [6.45, 7) is 6.90. The first kappa shape index (κ1) is 19.5. The largest absolute Gasteiger partial charge is 0.369 e. The second-order valence-corrected chi connectivity index (χ2v) is 7.84. The van der Waals surface area contributed by atoms with Gasteiger partial charge in [0.1, 0.15) is 5.82 Å². The summed E-state index contributed by atoms with van der Waals surface area (Å²) >= 11 is 3.48. The van der Waals surface area contributed by atoms with Gasteiger partial charge in [-0.1, -0.05) is 46.6 Å². The van der Waals surface area contributed by atoms with Crippen molar-refractivity contribution in [1.82, 2.24) is 9.97 Å². The molecule has 0 fully saturated rings. The second kappa shape index (κ2) is 8.61. The molecule has 1 heterocycles. The van der Waals surface area contributed by atoms with Crippen LogP contribution in [0.1, 0.15) is 32.3 Å². The third-order valence-electron chi connectivity index (χ3n) is 4.84. The van der Waals surface area contributed by atoms with Crippen molar-refractivity contribution in [3.05, 3.63) is 52.5 Å². The second-order valence-electron chi connectivity index (χ2n) is 6.93. The molecule has 0 spiro atoms. The topological polar surface area (TPSA) is 61.7 Å². The summed E-state index contributed by atoms with van der Waals surface area (Å²) in [4.78, 5) is 9.58. The number of halogens is 1. The van der Waals surface area contributed by atoms with E-state index in [0.29, 0.717) is 5.92 Å². The number of hydrogen-bond acceptors (Lipinski definition) is 4. The van der Waals surface area contributed by atoms with Crippen LogP contribution in [0.4, 0.5) is 5.82 Å². The molecular formula is C22H25BrN4. The van der Waals surface area contributed by atoms with Crippen molar-refractivity contribution in [2.24, 2.45) is 5.92 Å². The van der Waals surface area contributed by atoms with Crippen LogP contribution < -0.4 is 5.32 Å². The number of aromatic nitrogens is 2. The standard InChI is InChI=1S/C22H25BrN4/c1-4-16(15(3)24)11-12-25-22-19-13-14(2)5-10-20(19)26-21(27-22)17-6-8-18(23)9-7-17/h5-10,13,16,24H,4,11-12H2,1-3H3,(H,25,26,27). The lowest BCUT2D eigenvalue weighted by Crippen LogP contribution is -2.15. The van der Waals surface area contributed by atoms with E-state index in [9.17, 15) is 0 Å². The smallest absolute Gasteiger partial charge is 0.162 e. The molecule has 0 saturated carbocycles. The van der Waals surface area contributed by atoms with Crippen LogP contribution in [0.15, 0.2) is 46.9 Å². The van der Waals surface area contributed by atoms with Crippen molar-refractivity contribution in [2.45, 2.75) is 33.6 Å². The van der Waals surface area contributed by atoms with Gasteiger partial charge in [0.05, 0.1) is 5.52 Å². The molecular weight excluding hydrogens is 400 g/mol. The average molecular weight is 425 g/mol. The molecule has 1 unspecified atom stereocenters. The minimum absolute atomic E-state index is 0.318. The third-order valence-corrected chi connectivity index (χ3v) is 5.37. The van der Waals surface area contributed by atoms with Crippen molar-refractivity contribution in [2.75, 3.05) is 11.9 Å². The normalized spacial score (nSPS) is 12.1. The van der Waals surface area contributed by atoms with Crippen LogP contribution in [0.3, 0.4) is 0 Å². The van der Waals surface area contributed by atoms with Crippen LogP contribution in [0.2, 0.25) is 0 Å². The third kappa shape index (κ3) is 4.72. The number of nitrogens with zero attached hydrogens (tertiary/aromatic N) is 2. The maximum absolute atomic E-state index is 7.90.